The Morgan fingerprint density at radius 2 is 1.67 bits per heavy atom. The van der Waals surface area contributed by atoms with Gasteiger partial charge in [-0.05, 0) is 61.1 Å². The Bertz CT molecular complexity index is 387. The van der Waals surface area contributed by atoms with Crippen LogP contribution in [0.2, 0.25) is 0 Å². The minimum atomic E-state index is -0.140. The Morgan fingerprint density at radius 1 is 1.17 bits per heavy atom. The van der Waals surface area contributed by atoms with E-state index in [9.17, 15) is 4.39 Å². The smallest absolute Gasteiger partial charge is 0.123 e. The van der Waals surface area contributed by atoms with E-state index in [2.05, 4.69) is 33.0 Å². The molecular formula is C16H26FN. The number of hydrogen-bond donors (Lipinski definition) is 1. The lowest BCUT2D eigenvalue weighted by atomic mass is 9.76. The molecule has 1 N–H and O–H groups in total. The maximum Gasteiger partial charge on any atom is 0.123 e. The van der Waals surface area contributed by atoms with Gasteiger partial charge in [-0.25, -0.2) is 4.39 Å². The fraction of sp³-hybridized carbons (Fsp3) is 0.625. The van der Waals surface area contributed by atoms with Gasteiger partial charge < -0.3 is 5.32 Å². The third-order valence-corrected chi connectivity index (χ3v) is 3.95. The molecule has 0 fully saturated rings. The van der Waals surface area contributed by atoms with Gasteiger partial charge in [0.2, 0.25) is 0 Å². The molecule has 1 unspecified atom stereocenters. The molecule has 1 atom stereocenters. The first-order valence-corrected chi connectivity index (χ1v) is 6.83. The predicted molar refractivity (Wildman–Crippen MR) is 76.4 cm³/mol. The highest BCUT2D eigenvalue weighted by molar-refractivity contribution is 5.38. The van der Waals surface area contributed by atoms with Crippen molar-refractivity contribution in [2.75, 3.05) is 6.54 Å². The van der Waals surface area contributed by atoms with Crippen molar-refractivity contribution < 1.29 is 4.39 Å². The van der Waals surface area contributed by atoms with E-state index in [0.29, 0.717) is 0 Å². The molecule has 1 aromatic carbocycles. The van der Waals surface area contributed by atoms with Crippen molar-refractivity contribution >= 4 is 0 Å². The summed E-state index contributed by atoms with van der Waals surface area (Å²) in [6.45, 7) is 13.8. The van der Waals surface area contributed by atoms with Crippen molar-refractivity contribution in [2.45, 2.75) is 54.0 Å². The van der Waals surface area contributed by atoms with E-state index in [0.717, 1.165) is 24.1 Å². The predicted octanol–water partition coefficient (Wildman–Crippen LogP) is 4.53. The van der Waals surface area contributed by atoms with E-state index in [4.69, 9.17) is 0 Å². The monoisotopic (exact) mass is 251 g/mol. The summed E-state index contributed by atoms with van der Waals surface area (Å²) in [5.41, 5.74) is 3.49. The molecule has 0 radical (unpaired) electrons. The Kier molecular flexibility index (Phi) is 4.92. The highest BCUT2D eigenvalue weighted by atomic mass is 19.1. The SMILES string of the molecule is CCNC(c1c(C)cc(F)cc1C)C(C)(C)CC. The summed E-state index contributed by atoms with van der Waals surface area (Å²) in [5, 5.41) is 3.57. The van der Waals surface area contributed by atoms with Crippen LogP contribution in [0, 0.1) is 25.1 Å². The molecule has 2 heteroatoms. The van der Waals surface area contributed by atoms with Gasteiger partial charge in [0.15, 0.2) is 0 Å². The lowest BCUT2D eigenvalue weighted by molar-refractivity contribution is 0.236. The van der Waals surface area contributed by atoms with Gasteiger partial charge in [0.05, 0.1) is 0 Å². The Hall–Kier alpha value is -0.890. The van der Waals surface area contributed by atoms with Crippen LogP contribution < -0.4 is 5.32 Å². The average Bonchev–Trinajstić information content (AvgIpc) is 2.26. The molecule has 18 heavy (non-hydrogen) atoms. The van der Waals surface area contributed by atoms with Crippen molar-refractivity contribution in [1.29, 1.82) is 0 Å². The highest BCUT2D eigenvalue weighted by Crippen LogP contribution is 2.39. The second kappa shape index (κ2) is 5.83. The molecule has 102 valence electrons. The van der Waals surface area contributed by atoms with Gasteiger partial charge in [-0.15, -0.1) is 0 Å². The molecule has 0 aromatic heterocycles. The van der Waals surface area contributed by atoms with Crippen molar-refractivity contribution in [3.63, 3.8) is 0 Å². The molecule has 0 saturated heterocycles. The number of nitrogens with one attached hydrogen (secondary N) is 1. The number of rotatable bonds is 5. The van der Waals surface area contributed by atoms with Crippen LogP contribution in [0.3, 0.4) is 0 Å². The molecule has 0 aliphatic carbocycles. The van der Waals surface area contributed by atoms with Crippen LogP contribution in [0.15, 0.2) is 12.1 Å². The summed E-state index contributed by atoms with van der Waals surface area (Å²) in [4.78, 5) is 0. The first kappa shape index (κ1) is 15.2. The van der Waals surface area contributed by atoms with E-state index in [1.165, 1.54) is 5.56 Å². The van der Waals surface area contributed by atoms with Crippen LogP contribution >= 0.6 is 0 Å². The minimum Gasteiger partial charge on any atom is -0.310 e. The summed E-state index contributed by atoms with van der Waals surface area (Å²) < 4.78 is 13.4. The molecular weight excluding hydrogens is 225 g/mol. The average molecular weight is 251 g/mol. The maximum atomic E-state index is 13.4. The van der Waals surface area contributed by atoms with Crippen molar-refractivity contribution in [3.8, 4) is 0 Å². The highest BCUT2D eigenvalue weighted by Gasteiger charge is 2.30. The van der Waals surface area contributed by atoms with E-state index >= 15 is 0 Å². The van der Waals surface area contributed by atoms with Crippen molar-refractivity contribution in [2.24, 2.45) is 5.41 Å². The molecule has 0 heterocycles. The lowest BCUT2D eigenvalue weighted by Gasteiger charge is -2.36. The van der Waals surface area contributed by atoms with Gasteiger partial charge in [0, 0.05) is 6.04 Å². The molecule has 0 saturated carbocycles. The summed E-state index contributed by atoms with van der Waals surface area (Å²) >= 11 is 0. The van der Waals surface area contributed by atoms with Crippen LogP contribution in [-0.4, -0.2) is 6.54 Å². The topological polar surface area (TPSA) is 12.0 Å². The van der Waals surface area contributed by atoms with Crippen molar-refractivity contribution in [1.82, 2.24) is 5.32 Å². The summed E-state index contributed by atoms with van der Waals surface area (Å²) in [6, 6.07) is 3.55. The molecule has 0 spiro atoms. The van der Waals surface area contributed by atoms with Gasteiger partial charge in [0.25, 0.3) is 0 Å². The van der Waals surface area contributed by atoms with Crippen molar-refractivity contribution in [3.05, 3.63) is 34.6 Å². The summed E-state index contributed by atoms with van der Waals surface area (Å²) in [6.07, 6.45) is 1.08. The number of benzene rings is 1. The number of aryl methyl sites for hydroxylation is 2. The molecule has 0 bridgehead atoms. The number of halogens is 1. The maximum absolute atomic E-state index is 13.4. The molecule has 0 aliphatic heterocycles. The first-order chi connectivity index (χ1) is 8.33. The lowest BCUT2D eigenvalue weighted by Crippen LogP contribution is -2.35. The summed E-state index contributed by atoms with van der Waals surface area (Å²) in [7, 11) is 0. The second-order valence-corrected chi connectivity index (χ2v) is 5.79. The fourth-order valence-electron chi connectivity index (χ4n) is 2.55. The molecule has 1 rings (SSSR count). The van der Waals surface area contributed by atoms with E-state index in [1.54, 1.807) is 12.1 Å². The third-order valence-electron chi connectivity index (χ3n) is 3.95. The van der Waals surface area contributed by atoms with E-state index < -0.39 is 0 Å². The van der Waals surface area contributed by atoms with Crippen LogP contribution in [0.4, 0.5) is 4.39 Å². The van der Waals surface area contributed by atoms with Crippen LogP contribution in [0.5, 0.6) is 0 Å². The van der Waals surface area contributed by atoms with Gasteiger partial charge in [-0.2, -0.15) is 0 Å². The van der Waals surface area contributed by atoms with Gasteiger partial charge in [0.1, 0.15) is 5.82 Å². The second-order valence-electron chi connectivity index (χ2n) is 5.79. The summed E-state index contributed by atoms with van der Waals surface area (Å²) in [5.74, 6) is -0.140. The first-order valence-electron chi connectivity index (χ1n) is 6.83. The zero-order chi connectivity index (χ0) is 13.9. The van der Waals surface area contributed by atoms with Gasteiger partial charge in [-0.1, -0.05) is 27.7 Å². The van der Waals surface area contributed by atoms with Gasteiger partial charge in [-0.3, -0.25) is 0 Å². The normalized spacial score (nSPS) is 13.7. The molecule has 1 nitrogen and oxygen atoms in total. The minimum absolute atomic E-state index is 0.140. The van der Waals surface area contributed by atoms with Crippen LogP contribution in [0.1, 0.15) is 56.8 Å². The van der Waals surface area contributed by atoms with Crippen LogP contribution in [-0.2, 0) is 0 Å². The fourth-order valence-corrected chi connectivity index (χ4v) is 2.55. The zero-order valence-electron chi connectivity index (χ0n) is 12.5. The third kappa shape index (κ3) is 3.11. The molecule has 0 aliphatic rings. The Labute approximate surface area is 111 Å². The quantitative estimate of drug-likeness (QED) is 0.810. The molecule has 1 aromatic rings. The zero-order valence-corrected chi connectivity index (χ0v) is 12.5. The van der Waals surface area contributed by atoms with E-state index in [1.807, 2.05) is 13.8 Å². The Morgan fingerprint density at radius 3 is 2.06 bits per heavy atom. The van der Waals surface area contributed by atoms with E-state index in [-0.39, 0.29) is 17.3 Å². The largest absolute Gasteiger partial charge is 0.310 e. The number of hydrogen-bond acceptors (Lipinski definition) is 1. The van der Waals surface area contributed by atoms with Crippen LogP contribution in [0.25, 0.3) is 0 Å². The molecule has 0 amide bonds. The standard InChI is InChI=1S/C16H26FN/c1-7-16(5,6)15(18-8-2)14-11(3)9-13(17)10-12(14)4/h9-10,15,18H,7-8H2,1-6H3. The van der Waals surface area contributed by atoms with Gasteiger partial charge >= 0.3 is 0 Å². The Balaban J connectivity index is 3.30.